The van der Waals surface area contributed by atoms with Crippen molar-refractivity contribution in [1.29, 1.82) is 0 Å². The molecular weight excluding hydrogens is 230 g/mol. The van der Waals surface area contributed by atoms with E-state index < -0.39 is 0 Å². The van der Waals surface area contributed by atoms with Crippen molar-refractivity contribution in [2.75, 3.05) is 39.5 Å². The lowest BCUT2D eigenvalue weighted by molar-refractivity contribution is 0.00917. The third kappa shape index (κ3) is 4.50. The van der Waals surface area contributed by atoms with E-state index in [1.54, 1.807) is 0 Å². The molecule has 0 bridgehead atoms. The number of likely N-dealkylation sites (tertiary alicyclic amines) is 1. The lowest BCUT2D eigenvalue weighted by Gasteiger charge is -2.24. The second-order valence-electron chi connectivity index (χ2n) is 5.41. The maximum atomic E-state index is 8.89. The van der Waals surface area contributed by atoms with Crippen LogP contribution in [0.5, 0.6) is 0 Å². The molecule has 4 heteroatoms. The molecule has 2 saturated heterocycles. The highest BCUT2D eigenvalue weighted by atomic mass is 16.5. The normalized spacial score (nSPS) is 29.2. The van der Waals surface area contributed by atoms with Crippen molar-refractivity contribution in [3.05, 3.63) is 0 Å². The summed E-state index contributed by atoms with van der Waals surface area (Å²) in [5.74, 6) is 0. The van der Waals surface area contributed by atoms with Crippen LogP contribution in [0.25, 0.3) is 0 Å². The first-order valence-electron chi connectivity index (χ1n) is 7.44. The molecule has 0 radical (unpaired) electrons. The Morgan fingerprint density at radius 3 is 3.00 bits per heavy atom. The van der Waals surface area contributed by atoms with Gasteiger partial charge in [0.25, 0.3) is 0 Å². The zero-order valence-corrected chi connectivity index (χ0v) is 11.4. The van der Waals surface area contributed by atoms with Gasteiger partial charge < -0.3 is 14.6 Å². The van der Waals surface area contributed by atoms with Gasteiger partial charge in [-0.05, 0) is 45.1 Å². The van der Waals surface area contributed by atoms with Crippen LogP contribution in [0.1, 0.15) is 38.5 Å². The minimum atomic E-state index is 0.319. The van der Waals surface area contributed by atoms with Crippen molar-refractivity contribution in [3.63, 3.8) is 0 Å². The van der Waals surface area contributed by atoms with Gasteiger partial charge in [-0.2, -0.15) is 0 Å². The Kier molecular flexibility index (Phi) is 6.41. The molecule has 0 aromatic rings. The third-order valence-corrected chi connectivity index (χ3v) is 4.05. The summed E-state index contributed by atoms with van der Waals surface area (Å²) in [5, 5.41) is 8.89. The standard InChI is InChI=1S/C14H27NO3/c16-9-2-5-13-4-1-7-15(13)8-11-17-12-14-6-3-10-18-14/h13-14,16H,1-12H2/t13-,14-/m0/s1. The average molecular weight is 257 g/mol. The average Bonchev–Trinajstić information content (AvgIpc) is 3.03. The molecule has 0 spiro atoms. The highest BCUT2D eigenvalue weighted by Crippen LogP contribution is 2.20. The number of aliphatic hydroxyl groups excluding tert-OH is 1. The second-order valence-corrected chi connectivity index (χ2v) is 5.41. The molecule has 106 valence electrons. The molecule has 0 saturated carbocycles. The third-order valence-electron chi connectivity index (χ3n) is 4.05. The number of hydrogen-bond acceptors (Lipinski definition) is 4. The molecule has 2 aliphatic rings. The van der Waals surface area contributed by atoms with Crippen LogP contribution < -0.4 is 0 Å². The first kappa shape index (κ1) is 14.3. The van der Waals surface area contributed by atoms with E-state index in [2.05, 4.69) is 4.90 Å². The van der Waals surface area contributed by atoms with Gasteiger partial charge in [0.15, 0.2) is 0 Å². The SMILES string of the molecule is OCCC[C@@H]1CCCN1CCOC[C@@H]1CCCO1. The van der Waals surface area contributed by atoms with Gasteiger partial charge in [0.2, 0.25) is 0 Å². The van der Waals surface area contributed by atoms with Crippen LogP contribution in [0.2, 0.25) is 0 Å². The van der Waals surface area contributed by atoms with Crippen LogP contribution in [0.15, 0.2) is 0 Å². The van der Waals surface area contributed by atoms with Crippen LogP contribution in [0.4, 0.5) is 0 Å². The molecule has 0 aromatic heterocycles. The summed E-state index contributed by atoms with van der Waals surface area (Å²) in [5.41, 5.74) is 0. The summed E-state index contributed by atoms with van der Waals surface area (Å²) >= 11 is 0. The molecule has 0 amide bonds. The summed E-state index contributed by atoms with van der Waals surface area (Å²) in [6.07, 6.45) is 7.31. The Bertz CT molecular complexity index is 219. The molecular formula is C14H27NO3. The molecule has 2 aliphatic heterocycles. The number of aliphatic hydroxyl groups is 1. The topological polar surface area (TPSA) is 41.9 Å². The number of rotatable bonds is 8. The quantitative estimate of drug-likeness (QED) is 0.668. The van der Waals surface area contributed by atoms with Gasteiger partial charge in [0.05, 0.1) is 19.3 Å². The smallest absolute Gasteiger partial charge is 0.0809 e. The summed E-state index contributed by atoms with van der Waals surface area (Å²) in [6, 6.07) is 0.670. The summed E-state index contributed by atoms with van der Waals surface area (Å²) in [7, 11) is 0. The predicted octanol–water partition coefficient (Wildman–Crippen LogP) is 1.42. The summed E-state index contributed by atoms with van der Waals surface area (Å²) in [4.78, 5) is 2.52. The van der Waals surface area contributed by atoms with Crippen LogP contribution >= 0.6 is 0 Å². The van der Waals surface area contributed by atoms with Crippen molar-refractivity contribution in [2.45, 2.75) is 50.7 Å². The maximum absolute atomic E-state index is 8.89. The number of hydrogen-bond donors (Lipinski definition) is 1. The molecule has 18 heavy (non-hydrogen) atoms. The van der Waals surface area contributed by atoms with E-state index in [-0.39, 0.29) is 0 Å². The highest BCUT2D eigenvalue weighted by molar-refractivity contribution is 4.78. The molecule has 2 fully saturated rings. The molecule has 2 rings (SSSR count). The van der Waals surface area contributed by atoms with Crippen molar-refractivity contribution in [3.8, 4) is 0 Å². The minimum Gasteiger partial charge on any atom is -0.396 e. The predicted molar refractivity (Wildman–Crippen MR) is 70.7 cm³/mol. The Balaban J connectivity index is 1.54. The van der Waals surface area contributed by atoms with Gasteiger partial charge in [0.1, 0.15) is 0 Å². The Hall–Kier alpha value is -0.160. The van der Waals surface area contributed by atoms with E-state index in [0.29, 0.717) is 18.8 Å². The molecule has 1 N–H and O–H groups in total. The van der Waals surface area contributed by atoms with Crippen LogP contribution in [0, 0.1) is 0 Å². The molecule has 2 atom stereocenters. The fraction of sp³-hybridized carbons (Fsp3) is 1.00. The lowest BCUT2D eigenvalue weighted by Crippen LogP contribution is -2.33. The summed E-state index contributed by atoms with van der Waals surface area (Å²) < 4.78 is 11.2. The fourth-order valence-electron chi connectivity index (χ4n) is 3.02. The van der Waals surface area contributed by atoms with Crippen molar-refractivity contribution >= 4 is 0 Å². The van der Waals surface area contributed by atoms with Crippen LogP contribution in [-0.4, -0.2) is 61.7 Å². The second kappa shape index (κ2) is 8.10. The molecule has 0 unspecified atom stereocenters. The van der Waals surface area contributed by atoms with E-state index in [1.165, 1.54) is 25.8 Å². The van der Waals surface area contributed by atoms with Crippen LogP contribution in [-0.2, 0) is 9.47 Å². The maximum Gasteiger partial charge on any atom is 0.0809 e. The van der Waals surface area contributed by atoms with Crippen molar-refractivity contribution in [2.24, 2.45) is 0 Å². The first-order valence-corrected chi connectivity index (χ1v) is 7.44. The highest BCUT2D eigenvalue weighted by Gasteiger charge is 2.23. The van der Waals surface area contributed by atoms with E-state index in [0.717, 1.165) is 45.6 Å². The Labute approximate surface area is 110 Å². The molecule has 4 nitrogen and oxygen atoms in total. The minimum absolute atomic E-state index is 0.319. The van der Waals surface area contributed by atoms with Gasteiger partial charge in [-0.3, -0.25) is 4.90 Å². The van der Waals surface area contributed by atoms with E-state index in [4.69, 9.17) is 14.6 Å². The van der Waals surface area contributed by atoms with Gasteiger partial charge in [-0.25, -0.2) is 0 Å². The zero-order valence-electron chi connectivity index (χ0n) is 11.4. The first-order chi connectivity index (χ1) is 8.90. The Morgan fingerprint density at radius 2 is 2.22 bits per heavy atom. The number of nitrogens with zero attached hydrogens (tertiary/aromatic N) is 1. The van der Waals surface area contributed by atoms with E-state index >= 15 is 0 Å². The van der Waals surface area contributed by atoms with Gasteiger partial charge in [0, 0.05) is 25.8 Å². The van der Waals surface area contributed by atoms with E-state index in [1.807, 2.05) is 0 Å². The Morgan fingerprint density at radius 1 is 1.28 bits per heavy atom. The van der Waals surface area contributed by atoms with Gasteiger partial charge >= 0.3 is 0 Å². The number of ether oxygens (including phenoxy) is 2. The fourth-order valence-corrected chi connectivity index (χ4v) is 3.02. The van der Waals surface area contributed by atoms with Gasteiger partial charge in [-0.15, -0.1) is 0 Å². The molecule has 2 heterocycles. The van der Waals surface area contributed by atoms with Crippen molar-refractivity contribution in [1.82, 2.24) is 4.90 Å². The molecule has 0 aromatic carbocycles. The van der Waals surface area contributed by atoms with Crippen molar-refractivity contribution < 1.29 is 14.6 Å². The zero-order chi connectivity index (χ0) is 12.6. The largest absolute Gasteiger partial charge is 0.396 e. The summed E-state index contributed by atoms with van der Waals surface area (Å²) in [6.45, 7) is 5.02. The monoisotopic (exact) mass is 257 g/mol. The van der Waals surface area contributed by atoms with E-state index in [9.17, 15) is 0 Å². The van der Waals surface area contributed by atoms with Gasteiger partial charge in [-0.1, -0.05) is 0 Å². The van der Waals surface area contributed by atoms with Crippen LogP contribution in [0.3, 0.4) is 0 Å². The molecule has 0 aliphatic carbocycles. The lowest BCUT2D eigenvalue weighted by atomic mass is 10.1.